The summed E-state index contributed by atoms with van der Waals surface area (Å²) in [5, 5.41) is 22.9. The number of hydrogen-bond donors (Lipinski definition) is 2. The molecule has 2 aromatic rings. The van der Waals surface area contributed by atoms with Crippen molar-refractivity contribution in [2.24, 2.45) is 0 Å². The smallest absolute Gasteiger partial charge is 0.347 e. The Morgan fingerprint density at radius 1 is 1.38 bits per heavy atom. The van der Waals surface area contributed by atoms with E-state index in [9.17, 15) is 19.7 Å². The van der Waals surface area contributed by atoms with Crippen LogP contribution in [0.15, 0.2) is 12.3 Å². The fourth-order valence-corrected chi connectivity index (χ4v) is 2.90. The second-order valence-corrected chi connectivity index (χ2v) is 6.08. The Kier molecular flexibility index (Phi) is 4.88. The highest BCUT2D eigenvalue weighted by molar-refractivity contribution is 7.13. The van der Waals surface area contributed by atoms with Gasteiger partial charge in [-0.1, -0.05) is 0 Å². The summed E-state index contributed by atoms with van der Waals surface area (Å²) in [7, 11) is 0. The molecule has 1 atom stereocenters. The molecule has 1 unspecified atom stereocenters. The van der Waals surface area contributed by atoms with Crippen molar-refractivity contribution in [2.75, 3.05) is 0 Å². The van der Waals surface area contributed by atoms with E-state index in [1.54, 1.807) is 20.8 Å². The fraction of sp³-hybridized carbons (Fsp3) is 0.286. The van der Waals surface area contributed by atoms with E-state index in [0.29, 0.717) is 16.4 Å². The number of rotatable bonds is 5. The van der Waals surface area contributed by atoms with Crippen molar-refractivity contribution in [2.45, 2.75) is 26.8 Å². The van der Waals surface area contributed by atoms with Crippen LogP contribution >= 0.6 is 11.3 Å². The standard InChI is InChI=1S/C14H14N4O5S/c1-6-10(4-9(5-15-6)18(22)23)12(19)16-8(3)13-17-7(2)11(24-13)14(20)21/h4-5,8H,1-3H3,(H,16,19)(H,20,21). The van der Waals surface area contributed by atoms with Crippen molar-refractivity contribution in [1.82, 2.24) is 15.3 Å². The number of nitrogens with one attached hydrogen (secondary N) is 1. The van der Waals surface area contributed by atoms with Crippen LogP contribution in [0.3, 0.4) is 0 Å². The molecule has 2 N–H and O–H groups in total. The monoisotopic (exact) mass is 350 g/mol. The van der Waals surface area contributed by atoms with Gasteiger partial charge in [0.1, 0.15) is 16.1 Å². The maximum Gasteiger partial charge on any atom is 0.347 e. The van der Waals surface area contributed by atoms with Crippen LogP contribution < -0.4 is 5.32 Å². The van der Waals surface area contributed by atoms with Gasteiger partial charge in [-0.2, -0.15) is 0 Å². The number of carbonyl (C=O) groups excluding carboxylic acids is 1. The minimum Gasteiger partial charge on any atom is -0.477 e. The molecule has 126 valence electrons. The van der Waals surface area contributed by atoms with E-state index in [1.165, 1.54) is 0 Å². The van der Waals surface area contributed by atoms with Crippen molar-refractivity contribution in [3.8, 4) is 0 Å². The maximum atomic E-state index is 12.3. The second-order valence-electron chi connectivity index (χ2n) is 5.05. The number of amides is 1. The lowest BCUT2D eigenvalue weighted by Crippen LogP contribution is -2.27. The number of aromatic nitrogens is 2. The summed E-state index contributed by atoms with van der Waals surface area (Å²) in [6.45, 7) is 4.80. The minimum atomic E-state index is -1.08. The minimum absolute atomic E-state index is 0.0859. The van der Waals surface area contributed by atoms with E-state index < -0.39 is 22.8 Å². The van der Waals surface area contributed by atoms with Crippen LogP contribution in [-0.4, -0.2) is 31.9 Å². The average molecular weight is 350 g/mol. The highest BCUT2D eigenvalue weighted by Gasteiger charge is 2.21. The van der Waals surface area contributed by atoms with Gasteiger partial charge >= 0.3 is 5.97 Å². The van der Waals surface area contributed by atoms with Crippen LogP contribution in [0, 0.1) is 24.0 Å². The number of pyridine rings is 1. The molecule has 0 bridgehead atoms. The van der Waals surface area contributed by atoms with E-state index in [2.05, 4.69) is 15.3 Å². The van der Waals surface area contributed by atoms with E-state index >= 15 is 0 Å². The Bertz CT molecular complexity index is 833. The lowest BCUT2D eigenvalue weighted by atomic mass is 10.1. The van der Waals surface area contributed by atoms with Gasteiger partial charge in [0.2, 0.25) is 0 Å². The molecule has 0 spiro atoms. The molecule has 2 rings (SSSR count). The second kappa shape index (κ2) is 6.71. The Hall–Kier alpha value is -2.88. The molecule has 0 saturated heterocycles. The summed E-state index contributed by atoms with van der Waals surface area (Å²) < 4.78 is 0. The Balaban J connectivity index is 2.23. The molecule has 2 aromatic heterocycles. The molecule has 0 aliphatic carbocycles. The zero-order valence-corrected chi connectivity index (χ0v) is 13.9. The summed E-state index contributed by atoms with van der Waals surface area (Å²) in [6, 6.07) is 0.605. The normalized spacial score (nSPS) is 11.8. The summed E-state index contributed by atoms with van der Waals surface area (Å²) in [4.78, 5) is 41.7. The molecule has 0 saturated carbocycles. The molecule has 0 aromatic carbocycles. The van der Waals surface area contributed by atoms with Crippen LogP contribution in [0.25, 0.3) is 0 Å². The van der Waals surface area contributed by atoms with Gasteiger partial charge in [0.25, 0.3) is 11.6 Å². The molecule has 0 aliphatic rings. The van der Waals surface area contributed by atoms with Gasteiger partial charge in [-0.3, -0.25) is 19.9 Å². The van der Waals surface area contributed by atoms with Gasteiger partial charge in [0, 0.05) is 6.07 Å². The molecular weight excluding hydrogens is 336 g/mol. The lowest BCUT2D eigenvalue weighted by Gasteiger charge is -2.12. The first kappa shape index (κ1) is 17.5. The van der Waals surface area contributed by atoms with Gasteiger partial charge in [0.15, 0.2) is 0 Å². The van der Waals surface area contributed by atoms with Crippen molar-refractivity contribution in [3.05, 3.63) is 49.2 Å². The van der Waals surface area contributed by atoms with Gasteiger partial charge < -0.3 is 10.4 Å². The lowest BCUT2D eigenvalue weighted by molar-refractivity contribution is -0.385. The van der Waals surface area contributed by atoms with Crippen molar-refractivity contribution < 1.29 is 19.6 Å². The number of aromatic carboxylic acids is 1. The highest BCUT2D eigenvalue weighted by atomic mass is 32.1. The number of carbonyl (C=O) groups is 2. The van der Waals surface area contributed by atoms with Crippen molar-refractivity contribution in [3.63, 3.8) is 0 Å². The van der Waals surface area contributed by atoms with Gasteiger partial charge in [-0.15, -0.1) is 11.3 Å². The first-order chi connectivity index (χ1) is 11.2. The number of hydrogen-bond acceptors (Lipinski definition) is 7. The topological polar surface area (TPSA) is 135 Å². The number of nitrogens with zero attached hydrogens (tertiary/aromatic N) is 3. The number of carboxylic acid groups (broad SMARTS) is 1. The van der Waals surface area contributed by atoms with E-state index in [4.69, 9.17) is 5.11 Å². The SMILES string of the molecule is Cc1ncc([N+](=O)[O-])cc1C(=O)NC(C)c1nc(C)c(C(=O)O)s1. The summed E-state index contributed by atoms with van der Waals surface area (Å²) in [6.07, 6.45) is 1.08. The van der Waals surface area contributed by atoms with E-state index in [1.807, 2.05) is 0 Å². The first-order valence-corrected chi connectivity index (χ1v) is 7.65. The molecule has 24 heavy (non-hydrogen) atoms. The van der Waals surface area contributed by atoms with Gasteiger partial charge in [-0.25, -0.2) is 9.78 Å². The Morgan fingerprint density at radius 3 is 2.58 bits per heavy atom. The largest absolute Gasteiger partial charge is 0.477 e. The number of carboxylic acids is 1. The predicted molar refractivity (Wildman–Crippen MR) is 85.3 cm³/mol. The zero-order chi connectivity index (χ0) is 18.0. The third kappa shape index (κ3) is 3.54. The number of nitro groups is 1. The fourth-order valence-electron chi connectivity index (χ4n) is 1.99. The molecule has 0 radical (unpaired) electrons. The van der Waals surface area contributed by atoms with Crippen LogP contribution in [0.4, 0.5) is 5.69 Å². The maximum absolute atomic E-state index is 12.3. The molecule has 0 aliphatic heterocycles. The number of thiazole rings is 1. The first-order valence-electron chi connectivity index (χ1n) is 6.83. The quantitative estimate of drug-likeness (QED) is 0.623. The molecule has 0 fully saturated rings. The Labute approximate surface area is 140 Å². The molecule has 1 amide bonds. The third-order valence-corrected chi connectivity index (χ3v) is 4.58. The van der Waals surface area contributed by atoms with Crippen LogP contribution in [0.2, 0.25) is 0 Å². The van der Waals surface area contributed by atoms with Gasteiger partial charge in [0.05, 0.1) is 27.9 Å². The van der Waals surface area contributed by atoms with Crippen LogP contribution in [0.5, 0.6) is 0 Å². The van der Waals surface area contributed by atoms with Gasteiger partial charge in [-0.05, 0) is 20.8 Å². The number of aryl methyl sites for hydroxylation is 2. The predicted octanol–water partition coefficient (Wildman–Crippen LogP) is 2.25. The summed E-state index contributed by atoms with van der Waals surface area (Å²) in [5.74, 6) is -1.62. The van der Waals surface area contributed by atoms with E-state index in [-0.39, 0.29) is 16.1 Å². The van der Waals surface area contributed by atoms with Crippen LogP contribution in [-0.2, 0) is 0 Å². The molecular formula is C14H14N4O5S. The molecule has 10 heteroatoms. The van der Waals surface area contributed by atoms with E-state index in [0.717, 1.165) is 23.6 Å². The molecule has 2 heterocycles. The third-order valence-electron chi connectivity index (χ3n) is 3.25. The summed E-state index contributed by atoms with van der Waals surface area (Å²) in [5.41, 5.74) is 0.531. The van der Waals surface area contributed by atoms with Crippen molar-refractivity contribution >= 4 is 28.9 Å². The van der Waals surface area contributed by atoms with Crippen LogP contribution in [0.1, 0.15) is 49.4 Å². The highest BCUT2D eigenvalue weighted by Crippen LogP contribution is 2.24. The Morgan fingerprint density at radius 2 is 2.04 bits per heavy atom. The van der Waals surface area contributed by atoms with Crippen molar-refractivity contribution in [1.29, 1.82) is 0 Å². The average Bonchev–Trinajstić information content (AvgIpc) is 2.89. The molecule has 9 nitrogen and oxygen atoms in total. The zero-order valence-electron chi connectivity index (χ0n) is 13.1. The summed E-state index contributed by atoms with van der Waals surface area (Å²) >= 11 is 0.976.